The van der Waals surface area contributed by atoms with E-state index in [9.17, 15) is 4.79 Å². The van der Waals surface area contributed by atoms with Crippen molar-refractivity contribution in [2.75, 3.05) is 0 Å². The van der Waals surface area contributed by atoms with E-state index in [-0.39, 0.29) is 0 Å². The van der Waals surface area contributed by atoms with E-state index in [1.807, 2.05) is 6.08 Å². The van der Waals surface area contributed by atoms with Crippen LogP contribution in [-0.2, 0) is 4.79 Å². The molecular formula is C11H20O. The Morgan fingerprint density at radius 3 is 2.42 bits per heavy atom. The molecule has 70 valence electrons. The van der Waals surface area contributed by atoms with Gasteiger partial charge in [-0.15, -0.1) is 0 Å². The van der Waals surface area contributed by atoms with Crippen LogP contribution in [0.2, 0.25) is 0 Å². The first kappa shape index (κ1) is 11.4. The summed E-state index contributed by atoms with van der Waals surface area (Å²) in [7, 11) is 0. The van der Waals surface area contributed by atoms with Gasteiger partial charge in [0.05, 0.1) is 0 Å². The third-order valence-electron chi connectivity index (χ3n) is 1.94. The molecule has 0 aliphatic heterocycles. The first-order chi connectivity index (χ1) is 5.85. The van der Waals surface area contributed by atoms with Gasteiger partial charge in [-0.3, -0.25) is 4.79 Å². The molecule has 1 nitrogen and oxygen atoms in total. The fourth-order valence-corrected chi connectivity index (χ4v) is 1.23. The van der Waals surface area contributed by atoms with Crippen LogP contribution < -0.4 is 0 Å². The molecule has 0 N–H and O–H groups in total. The monoisotopic (exact) mass is 168 g/mol. The minimum absolute atomic E-state index is 0.970. The van der Waals surface area contributed by atoms with Crippen molar-refractivity contribution in [2.45, 2.75) is 52.4 Å². The Balaban J connectivity index is 3.45. The maximum absolute atomic E-state index is 10.5. The van der Waals surface area contributed by atoms with Crippen molar-refractivity contribution in [2.24, 2.45) is 0 Å². The second-order valence-electron chi connectivity index (χ2n) is 3.12. The molecule has 0 bridgehead atoms. The van der Waals surface area contributed by atoms with E-state index in [0.717, 1.165) is 24.7 Å². The number of allylic oxidation sites excluding steroid dienone is 2. The van der Waals surface area contributed by atoms with E-state index in [1.54, 1.807) is 0 Å². The maximum atomic E-state index is 10.5. The topological polar surface area (TPSA) is 17.1 Å². The van der Waals surface area contributed by atoms with Crippen LogP contribution in [0.15, 0.2) is 11.6 Å². The van der Waals surface area contributed by atoms with Gasteiger partial charge in [0.1, 0.15) is 6.29 Å². The zero-order valence-electron chi connectivity index (χ0n) is 8.31. The minimum atomic E-state index is 0.970. The van der Waals surface area contributed by atoms with Crippen molar-refractivity contribution in [3.63, 3.8) is 0 Å². The molecule has 0 aliphatic carbocycles. The molecule has 0 heterocycles. The van der Waals surface area contributed by atoms with E-state index in [1.165, 1.54) is 25.7 Å². The maximum Gasteiger partial charge on any atom is 0.145 e. The highest BCUT2D eigenvalue weighted by Crippen LogP contribution is 2.08. The van der Waals surface area contributed by atoms with Crippen LogP contribution in [0.5, 0.6) is 0 Å². The summed E-state index contributed by atoms with van der Waals surface area (Å²) in [6.45, 7) is 4.26. The van der Waals surface area contributed by atoms with Crippen LogP contribution in [0.25, 0.3) is 0 Å². The average Bonchev–Trinajstić information content (AvgIpc) is 2.10. The third-order valence-corrected chi connectivity index (χ3v) is 1.94. The molecule has 0 aliphatic rings. The summed E-state index contributed by atoms with van der Waals surface area (Å²) in [6.07, 6.45) is 9.93. The van der Waals surface area contributed by atoms with Crippen LogP contribution >= 0.6 is 0 Å². The second kappa shape index (κ2) is 8.51. The first-order valence-corrected chi connectivity index (χ1v) is 4.99. The number of carbonyl (C=O) groups excluding carboxylic acids is 1. The highest BCUT2D eigenvalue weighted by Gasteiger charge is 1.93. The van der Waals surface area contributed by atoms with Gasteiger partial charge in [0.25, 0.3) is 0 Å². The summed E-state index contributed by atoms with van der Waals surface area (Å²) in [5.74, 6) is 0. The number of rotatable bonds is 7. The molecular weight excluding hydrogens is 148 g/mol. The lowest BCUT2D eigenvalue weighted by atomic mass is 10.1. The van der Waals surface area contributed by atoms with Crippen molar-refractivity contribution in [1.82, 2.24) is 0 Å². The van der Waals surface area contributed by atoms with Gasteiger partial charge in [0.2, 0.25) is 0 Å². The molecule has 0 radical (unpaired) electrons. The van der Waals surface area contributed by atoms with Crippen LogP contribution in [0.4, 0.5) is 0 Å². The lowest BCUT2D eigenvalue weighted by Crippen LogP contribution is -1.85. The standard InChI is InChI=1S/C11H20O/c1-3-5-6-7-9-11(10-12)8-4-2/h8,10H,3-7,9H2,1-2H3. The lowest BCUT2D eigenvalue weighted by molar-refractivity contribution is -0.105. The Bertz CT molecular complexity index is 136. The van der Waals surface area contributed by atoms with Gasteiger partial charge in [0.15, 0.2) is 0 Å². The zero-order valence-corrected chi connectivity index (χ0v) is 8.31. The van der Waals surface area contributed by atoms with E-state index in [2.05, 4.69) is 13.8 Å². The molecule has 0 aromatic carbocycles. The van der Waals surface area contributed by atoms with Gasteiger partial charge in [-0.2, -0.15) is 0 Å². The summed E-state index contributed by atoms with van der Waals surface area (Å²) < 4.78 is 0. The average molecular weight is 168 g/mol. The van der Waals surface area contributed by atoms with Gasteiger partial charge >= 0.3 is 0 Å². The van der Waals surface area contributed by atoms with Gasteiger partial charge in [-0.1, -0.05) is 39.2 Å². The Kier molecular flexibility index (Phi) is 8.09. The largest absolute Gasteiger partial charge is 0.298 e. The Morgan fingerprint density at radius 2 is 1.92 bits per heavy atom. The van der Waals surface area contributed by atoms with Gasteiger partial charge in [0, 0.05) is 0 Å². The molecule has 0 fully saturated rings. The SMILES string of the molecule is CCC=C(C=O)CCCCCC. The Labute approximate surface area is 75.9 Å². The molecule has 0 saturated carbocycles. The normalized spacial score (nSPS) is 11.7. The smallest absolute Gasteiger partial charge is 0.145 e. The molecule has 1 heteroatoms. The van der Waals surface area contributed by atoms with E-state index < -0.39 is 0 Å². The molecule has 0 aromatic rings. The number of aldehydes is 1. The molecule has 0 amide bonds. The summed E-state index contributed by atoms with van der Waals surface area (Å²) in [6, 6.07) is 0. The number of hydrogen-bond donors (Lipinski definition) is 0. The fraction of sp³-hybridized carbons (Fsp3) is 0.727. The van der Waals surface area contributed by atoms with Crippen molar-refractivity contribution in [1.29, 1.82) is 0 Å². The molecule has 12 heavy (non-hydrogen) atoms. The number of unbranched alkanes of at least 4 members (excludes halogenated alkanes) is 3. The van der Waals surface area contributed by atoms with Crippen LogP contribution in [-0.4, -0.2) is 6.29 Å². The quantitative estimate of drug-likeness (QED) is 0.323. The predicted octanol–water partition coefficient (Wildman–Crippen LogP) is 3.49. The lowest BCUT2D eigenvalue weighted by Gasteiger charge is -1.98. The highest BCUT2D eigenvalue weighted by atomic mass is 16.1. The zero-order chi connectivity index (χ0) is 9.23. The predicted molar refractivity (Wildman–Crippen MR) is 53.2 cm³/mol. The van der Waals surface area contributed by atoms with E-state index in [0.29, 0.717) is 0 Å². The fourth-order valence-electron chi connectivity index (χ4n) is 1.23. The second-order valence-corrected chi connectivity index (χ2v) is 3.12. The highest BCUT2D eigenvalue weighted by molar-refractivity contribution is 5.72. The first-order valence-electron chi connectivity index (χ1n) is 4.99. The van der Waals surface area contributed by atoms with Gasteiger partial charge in [-0.05, 0) is 24.8 Å². The van der Waals surface area contributed by atoms with Crippen molar-refractivity contribution in [3.8, 4) is 0 Å². The minimum Gasteiger partial charge on any atom is -0.298 e. The summed E-state index contributed by atoms with van der Waals surface area (Å²) in [5, 5.41) is 0. The summed E-state index contributed by atoms with van der Waals surface area (Å²) in [5.41, 5.74) is 0.980. The van der Waals surface area contributed by atoms with Crippen LogP contribution in [0.1, 0.15) is 52.4 Å². The van der Waals surface area contributed by atoms with Gasteiger partial charge < -0.3 is 0 Å². The van der Waals surface area contributed by atoms with Crippen molar-refractivity contribution < 1.29 is 4.79 Å². The molecule has 0 rings (SSSR count). The van der Waals surface area contributed by atoms with Crippen molar-refractivity contribution in [3.05, 3.63) is 11.6 Å². The number of hydrogen-bond acceptors (Lipinski definition) is 1. The van der Waals surface area contributed by atoms with E-state index in [4.69, 9.17) is 0 Å². The summed E-state index contributed by atoms with van der Waals surface area (Å²) >= 11 is 0. The van der Waals surface area contributed by atoms with Gasteiger partial charge in [-0.25, -0.2) is 0 Å². The number of carbonyl (C=O) groups is 1. The van der Waals surface area contributed by atoms with Crippen LogP contribution in [0.3, 0.4) is 0 Å². The summed E-state index contributed by atoms with van der Waals surface area (Å²) in [4.78, 5) is 10.5. The molecule has 0 atom stereocenters. The molecule has 0 spiro atoms. The molecule has 0 unspecified atom stereocenters. The van der Waals surface area contributed by atoms with Crippen LogP contribution in [0, 0.1) is 0 Å². The Morgan fingerprint density at radius 1 is 1.17 bits per heavy atom. The third kappa shape index (κ3) is 6.14. The van der Waals surface area contributed by atoms with E-state index >= 15 is 0 Å². The Hall–Kier alpha value is -0.590. The molecule has 0 saturated heterocycles. The van der Waals surface area contributed by atoms with Crippen molar-refractivity contribution >= 4 is 6.29 Å². The molecule has 0 aromatic heterocycles.